The predicted molar refractivity (Wildman–Crippen MR) is 93.3 cm³/mol. The second kappa shape index (κ2) is 7.79. The molecular weight excluding hydrogens is 270 g/mol. The molecule has 0 bridgehead atoms. The van der Waals surface area contributed by atoms with E-state index in [0.717, 1.165) is 12.1 Å². The zero-order valence-electron chi connectivity index (χ0n) is 13.7. The van der Waals surface area contributed by atoms with Crippen LogP contribution in [0.4, 0.5) is 5.69 Å². The standard InChI is InChI=1S/C20H25NO/c1-4-15(2)18-10-12-19(13-11-18)21-20(22)14-16(3)17-8-6-5-7-9-17/h5-13,15-16H,4,14H2,1-3H3,(H,21,22)/t15-,16+/m1/s1. The Labute approximate surface area is 133 Å². The molecule has 0 radical (unpaired) electrons. The fraction of sp³-hybridized carbons (Fsp3) is 0.350. The molecule has 0 unspecified atom stereocenters. The van der Waals surface area contributed by atoms with Gasteiger partial charge in [-0.2, -0.15) is 0 Å². The first kappa shape index (κ1) is 16.3. The number of amides is 1. The van der Waals surface area contributed by atoms with E-state index < -0.39 is 0 Å². The minimum Gasteiger partial charge on any atom is -0.326 e. The van der Waals surface area contributed by atoms with Crippen molar-refractivity contribution in [1.82, 2.24) is 0 Å². The van der Waals surface area contributed by atoms with Gasteiger partial charge in [-0.25, -0.2) is 0 Å². The van der Waals surface area contributed by atoms with Crippen LogP contribution in [0.3, 0.4) is 0 Å². The lowest BCUT2D eigenvalue weighted by Crippen LogP contribution is -2.14. The summed E-state index contributed by atoms with van der Waals surface area (Å²) >= 11 is 0. The van der Waals surface area contributed by atoms with Gasteiger partial charge in [0, 0.05) is 12.1 Å². The van der Waals surface area contributed by atoms with Crippen molar-refractivity contribution in [3.63, 3.8) is 0 Å². The van der Waals surface area contributed by atoms with Gasteiger partial charge in [-0.3, -0.25) is 4.79 Å². The molecule has 0 saturated carbocycles. The Morgan fingerprint density at radius 3 is 2.09 bits per heavy atom. The Balaban J connectivity index is 1.92. The van der Waals surface area contributed by atoms with Crippen molar-refractivity contribution >= 4 is 11.6 Å². The topological polar surface area (TPSA) is 29.1 Å². The maximum atomic E-state index is 12.2. The van der Waals surface area contributed by atoms with Gasteiger partial charge in [-0.1, -0.05) is 63.2 Å². The molecule has 0 saturated heterocycles. The first-order chi connectivity index (χ1) is 10.6. The Kier molecular flexibility index (Phi) is 5.76. The molecule has 2 nitrogen and oxygen atoms in total. The molecule has 2 aromatic carbocycles. The number of rotatable bonds is 6. The molecule has 0 heterocycles. The third-order valence-corrected chi connectivity index (χ3v) is 4.24. The molecule has 22 heavy (non-hydrogen) atoms. The summed E-state index contributed by atoms with van der Waals surface area (Å²) in [5, 5.41) is 2.99. The van der Waals surface area contributed by atoms with Crippen molar-refractivity contribution in [3.05, 3.63) is 65.7 Å². The molecule has 1 amide bonds. The third-order valence-electron chi connectivity index (χ3n) is 4.24. The molecule has 0 spiro atoms. The first-order valence-corrected chi connectivity index (χ1v) is 8.05. The summed E-state index contributed by atoms with van der Waals surface area (Å²) in [7, 11) is 0. The number of anilines is 1. The van der Waals surface area contributed by atoms with Crippen LogP contribution in [-0.2, 0) is 4.79 Å². The molecule has 1 N–H and O–H groups in total. The molecule has 0 aromatic heterocycles. The molecule has 2 aromatic rings. The number of nitrogens with one attached hydrogen (secondary N) is 1. The van der Waals surface area contributed by atoms with E-state index in [4.69, 9.17) is 0 Å². The average Bonchev–Trinajstić information content (AvgIpc) is 2.55. The highest BCUT2D eigenvalue weighted by molar-refractivity contribution is 5.91. The quantitative estimate of drug-likeness (QED) is 0.766. The van der Waals surface area contributed by atoms with E-state index in [1.165, 1.54) is 11.1 Å². The Hall–Kier alpha value is -2.09. The van der Waals surface area contributed by atoms with Gasteiger partial charge in [0.2, 0.25) is 5.91 Å². The summed E-state index contributed by atoms with van der Waals surface area (Å²) < 4.78 is 0. The molecule has 2 atom stereocenters. The van der Waals surface area contributed by atoms with Crippen LogP contribution in [0.25, 0.3) is 0 Å². The lowest BCUT2D eigenvalue weighted by molar-refractivity contribution is -0.116. The van der Waals surface area contributed by atoms with Gasteiger partial charge in [0.15, 0.2) is 0 Å². The van der Waals surface area contributed by atoms with Gasteiger partial charge in [0.1, 0.15) is 0 Å². The smallest absolute Gasteiger partial charge is 0.224 e. The van der Waals surface area contributed by atoms with Gasteiger partial charge in [-0.05, 0) is 41.5 Å². The van der Waals surface area contributed by atoms with E-state index in [1.54, 1.807) is 0 Å². The Morgan fingerprint density at radius 2 is 1.50 bits per heavy atom. The molecule has 0 aliphatic rings. The normalized spacial score (nSPS) is 13.4. The molecular formula is C20H25NO. The van der Waals surface area contributed by atoms with E-state index in [2.05, 4.69) is 50.4 Å². The van der Waals surface area contributed by atoms with Crippen molar-refractivity contribution in [2.45, 2.75) is 45.4 Å². The van der Waals surface area contributed by atoms with E-state index in [-0.39, 0.29) is 11.8 Å². The Morgan fingerprint density at radius 1 is 0.909 bits per heavy atom. The van der Waals surface area contributed by atoms with Gasteiger partial charge in [0.25, 0.3) is 0 Å². The van der Waals surface area contributed by atoms with Crippen molar-refractivity contribution in [1.29, 1.82) is 0 Å². The van der Waals surface area contributed by atoms with E-state index >= 15 is 0 Å². The molecule has 0 aliphatic carbocycles. The fourth-order valence-corrected chi connectivity index (χ4v) is 2.52. The highest BCUT2D eigenvalue weighted by atomic mass is 16.1. The monoisotopic (exact) mass is 295 g/mol. The maximum absolute atomic E-state index is 12.2. The highest BCUT2D eigenvalue weighted by Gasteiger charge is 2.11. The van der Waals surface area contributed by atoms with Gasteiger partial charge < -0.3 is 5.32 Å². The number of carbonyl (C=O) groups excluding carboxylic acids is 1. The number of hydrogen-bond donors (Lipinski definition) is 1. The molecule has 2 rings (SSSR count). The van der Waals surface area contributed by atoms with Crippen molar-refractivity contribution < 1.29 is 4.79 Å². The lowest BCUT2D eigenvalue weighted by Gasteiger charge is -2.13. The van der Waals surface area contributed by atoms with Crippen LogP contribution in [0, 0.1) is 0 Å². The average molecular weight is 295 g/mol. The van der Waals surface area contributed by atoms with Crippen LogP contribution in [0.1, 0.15) is 56.6 Å². The summed E-state index contributed by atoms with van der Waals surface area (Å²) in [6.45, 7) is 6.49. The number of carbonyl (C=O) groups is 1. The minimum absolute atomic E-state index is 0.0626. The van der Waals surface area contributed by atoms with Gasteiger partial charge in [-0.15, -0.1) is 0 Å². The maximum Gasteiger partial charge on any atom is 0.224 e. The highest BCUT2D eigenvalue weighted by Crippen LogP contribution is 2.22. The predicted octanol–water partition coefficient (Wildman–Crippen LogP) is 5.33. The summed E-state index contributed by atoms with van der Waals surface area (Å²) in [5.74, 6) is 0.844. The second-order valence-corrected chi connectivity index (χ2v) is 6.00. The van der Waals surface area contributed by atoms with Crippen LogP contribution in [0.15, 0.2) is 54.6 Å². The molecule has 2 heteroatoms. The van der Waals surface area contributed by atoms with Gasteiger partial charge in [0.05, 0.1) is 0 Å². The van der Waals surface area contributed by atoms with Crippen LogP contribution in [-0.4, -0.2) is 5.91 Å². The third kappa shape index (κ3) is 4.45. The van der Waals surface area contributed by atoms with Crippen LogP contribution in [0.5, 0.6) is 0 Å². The van der Waals surface area contributed by atoms with Crippen molar-refractivity contribution in [3.8, 4) is 0 Å². The van der Waals surface area contributed by atoms with Crippen molar-refractivity contribution in [2.75, 3.05) is 5.32 Å². The zero-order chi connectivity index (χ0) is 15.9. The molecule has 0 aliphatic heterocycles. The number of benzene rings is 2. The van der Waals surface area contributed by atoms with E-state index in [0.29, 0.717) is 12.3 Å². The van der Waals surface area contributed by atoms with Gasteiger partial charge >= 0.3 is 0 Å². The zero-order valence-corrected chi connectivity index (χ0v) is 13.7. The van der Waals surface area contributed by atoms with E-state index in [1.807, 2.05) is 30.3 Å². The number of hydrogen-bond acceptors (Lipinski definition) is 1. The molecule has 116 valence electrons. The summed E-state index contributed by atoms with van der Waals surface area (Å²) in [6.07, 6.45) is 1.62. The Bertz CT molecular complexity index is 589. The van der Waals surface area contributed by atoms with Crippen LogP contribution >= 0.6 is 0 Å². The van der Waals surface area contributed by atoms with E-state index in [9.17, 15) is 4.79 Å². The minimum atomic E-state index is 0.0626. The lowest BCUT2D eigenvalue weighted by atomic mass is 9.97. The molecule has 0 fully saturated rings. The largest absolute Gasteiger partial charge is 0.326 e. The summed E-state index contributed by atoms with van der Waals surface area (Å²) in [5.41, 5.74) is 3.39. The first-order valence-electron chi connectivity index (χ1n) is 8.05. The summed E-state index contributed by atoms with van der Waals surface area (Å²) in [6, 6.07) is 18.3. The van der Waals surface area contributed by atoms with Crippen molar-refractivity contribution in [2.24, 2.45) is 0 Å². The SMILES string of the molecule is CC[C@@H](C)c1ccc(NC(=O)C[C@H](C)c2ccccc2)cc1. The summed E-state index contributed by atoms with van der Waals surface area (Å²) in [4.78, 5) is 12.2. The van der Waals surface area contributed by atoms with Crippen LogP contribution < -0.4 is 5.32 Å². The second-order valence-electron chi connectivity index (χ2n) is 6.00. The van der Waals surface area contributed by atoms with Crippen LogP contribution in [0.2, 0.25) is 0 Å². The fourth-order valence-electron chi connectivity index (χ4n) is 2.52.